The van der Waals surface area contributed by atoms with Crippen LogP contribution in [0, 0.1) is 0 Å². The first-order valence-corrected chi connectivity index (χ1v) is 7.77. The van der Waals surface area contributed by atoms with E-state index in [0.717, 1.165) is 0 Å². The normalized spacial score (nSPS) is 23.3. The molecule has 0 aliphatic carbocycles. The smallest absolute Gasteiger partial charge is 0.358 e. The summed E-state index contributed by atoms with van der Waals surface area (Å²) >= 11 is 0. The predicted molar refractivity (Wildman–Crippen MR) is 66.7 cm³/mol. The Bertz CT molecular complexity index is 568. The molecular formula is C10H16N4O4S. The lowest BCUT2D eigenvalue weighted by Crippen LogP contribution is -2.47. The maximum atomic E-state index is 11.4. The Kier molecular flexibility index (Phi) is 3.85. The van der Waals surface area contributed by atoms with E-state index in [9.17, 15) is 13.2 Å². The van der Waals surface area contributed by atoms with Crippen molar-refractivity contribution in [1.29, 1.82) is 0 Å². The molecular weight excluding hydrogens is 272 g/mol. The van der Waals surface area contributed by atoms with Crippen molar-refractivity contribution < 1.29 is 18.3 Å². The maximum Gasteiger partial charge on any atom is 0.358 e. The van der Waals surface area contributed by atoms with E-state index in [-0.39, 0.29) is 23.2 Å². The first kappa shape index (κ1) is 13.9. The third kappa shape index (κ3) is 3.51. The van der Waals surface area contributed by atoms with Crippen LogP contribution in [-0.4, -0.2) is 70.0 Å². The summed E-state index contributed by atoms with van der Waals surface area (Å²) in [5.74, 6) is -0.761. The van der Waals surface area contributed by atoms with Crippen LogP contribution in [0.25, 0.3) is 0 Å². The lowest BCUT2D eigenvalue weighted by Gasteiger charge is -2.32. The molecule has 1 unspecified atom stereocenters. The Hall–Kier alpha value is -1.48. The molecule has 2 rings (SSSR count). The summed E-state index contributed by atoms with van der Waals surface area (Å²) in [4.78, 5) is 12.7. The Balaban J connectivity index is 1.90. The number of aromatic nitrogens is 3. The van der Waals surface area contributed by atoms with Crippen molar-refractivity contribution in [2.45, 2.75) is 19.5 Å². The second kappa shape index (κ2) is 5.25. The quantitative estimate of drug-likeness (QED) is 0.765. The van der Waals surface area contributed by atoms with Crippen LogP contribution >= 0.6 is 0 Å². The summed E-state index contributed by atoms with van der Waals surface area (Å²) in [5.41, 5.74) is -0.0886. The fourth-order valence-corrected chi connectivity index (χ4v) is 3.73. The van der Waals surface area contributed by atoms with Crippen LogP contribution in [0.1, 0.15) is 17.4 Å². The highest BCUT2D eigenvalue weighted by molar-refractivity contribution is 7.91. The van der Waals surface area contributed by atoms with Gasteiger partial charge in [0.2, 0.25) is 0 Å². The van der Waals surface area contributed by atoms with Crippen molar-refractivity contribution in [1.82, 2.24) is 19.9 Å². The number of hydrogen-bond donors (Lipinski definition) is 1. The fourth-order valence-electron chi connectivity index (χ4n) is 2.10. The van der Waals surface area contributed by atoms with Crippen LogP contribution < -0.4 is 0 Å². The lowest BCUT2D eigenvalue weighted by molar-refractivity contribution is 0.0690. The van der Waals surface area contributed by atoms with Gasteiger partial charge in [0.15, 0.2) is 15.5 Å². The van der Waals surface area contributed by atoms with Gasteiger partial charge in [0.25, 0.3) is 0 Å². The van der Waals surface area contributed by atoms with Gasteiger partial charge in [-0.15, -0.1) is 5.10 Å². The third-order valence-electron chi connectivity index (χ3n) is 3.18. The van der Waals surface area contributed by atoms with Crippen molar-refractivity contribution in [2.75, 3.05) is 24.6 Å². The predicted octanol–water partition coefficient (Wildman–Crippen LogP) is -0.905. The summed E-state index contributed by atoms with van der Waals surface area (Å²) in [6, 6.07) is -0.0267. The van der Waals surface area contributed by atoms with Crippen molar-refractivity contribution in [3.63, 3.8) is 0 Å². The van der Waals surface area contributed by atoms with Crippen molar-refractivity contribution >= 4 is 15.8 Å². The molecule has 2 heterocycles. The van der Waals surface area contributed by atoms with E-state index in [1.807, 2.05) is 6.92 Å². The molecule has 1 aromatic rings. The van der Waals surface area contributed by atoms with E-state index in [1.165, 1.54) is 10.9 Å². The highest BCUT2D eigenvalue weighted by Gasteiger charge is 2.27. The number of carbonyl (C=O) groups is 1. The minimum Gasteiger partial charge on any atom is -0.476 e. The van der Waals surface area contributed by atoms with Gasteiger partial charge in [-0.2, -0.15) is 0 Å². The van der Waals surface area contributed by atoms with Crippen LogP contribution in [0.5, 0.6) is 0 Å². The Morgan fingerprint density at radius 3 is 2.84 bits per heavy atom. The monoisotopic (exact) mass is 288 g/mol. The molecule has 1 atom stereocenters. The molecule has 1 N–H and O–H groups in total. The second-order valence-electron chi connectivity index (χ2n) is 4.67. The topological polar surface area (TPSA) is 105 Å². The van der Waals surface area contributed by atoms with E-state index in [0.29, 0.717) is 19.6 Å². The molecule has 8 nitrogen and oxygen atoms in total. The summed E-state index contributed by atoms with van der Waals surface area (Å²) in [6.07, 6.45) is 1.37. The second-order valence-corrected chi connectivity index (χ2v) is 6.90. The van der Waals surface area contributed by atoms with Gasteiger partial charge in [-0.05, 0) is 6.92 Å². The molecule has 1 saturated heterocycles. The molecule has 1 aliphatic rings. The average Bonchev–Trinajstić information content (AvgIpc) is 2.75. The molecule has 0 saturated carbocycles. The molecule has 0 bridgehead atoms. The number of aromatic carboxylic acids is 1. The zero-order valence-corrected chi connectivity index (χ0v) is 11.4. The summed E-state index contributed by atoms with van der Waals surface area (Å²) in [5, 5.41) is 16.0. The van der Waals surface area contributed by atoms with Gasteiger partial charge in [-0.25, -0.2) is 13.2 Å². The number of carboxylic acid groups (broad SMARTS) is 1. The summed E-state index contributed by atoms with van der Waals surface area (Å²) in [7, 11) is -2.91. The summed E-state index contributed by atoms with van der Waals surface area (Å²) < 4.78 is 24.3. The van der Waals surface area contributed by atoms with E-state index < -0.39 is 15.8 Å². The highest BCUT2D eigenvalue weighted by atomic mass is 32.2. The van der Waals surface area contributed by atoms with Gasteiger partial charge in [0.05, 0.1) is 24.2 Å². The molecule has 9 heteroatoms. The standard InChI is InChI=1S/C10H16N4O4S/c1-8-7-19(17,18)5-4-13(8)2-3-14-6-9(10(15)16)11-12-14/h6,8H,2-5,7H2,1H3,(H,15,16). The zero-order valence-electron chi connectivity index (χ0n) is 10.6. The zero-order chi connectivity index (χ0) is 14.0. The van der Waals surface area contributed by atoms with Gasteiger partial charge < -0.3 is 5.11 Å². The molecule has 0 aromatic carbocycles. The van der Waals surface area contributed by atoms with Crippen molar-refractivity contribution in [3.05, 3.63) is 11.9 Å². The average molecular weight is 288 g/mol. The van der Waals surface area contributed by atoms with Gasteiger partial charge in [0.1, 0.15) is 0 Å². The van der Waals surface area contributed by atoms with E-state index >= 15 is 0 Å². The number of hydrogen-bond acceptors (Lipinski definition) is 6. The number of sulfone groups is 1. The molecule has 106 valence electrons. The number of rotatable bonds is 4. The Morgan fingerprint density at radius 2 is 2.26 bits per heavy atom. The largest absolute Gasteiger partial charge is 0.476 e. The Morgan fingerprint density at radius 1 is 1.53 bits per heavy atom. The van der Waals surface area contributed by atoms with Gasteiger partial charge >= 0.3 is 5.97 Å². The van der Waals surface area contributed by atoms with Gasteiger partial charge in [-0.3, -0.25) is 9.58 Å². The molecule has 0 amide bonds. The fraction of sp³-hybridized carbons (Fsp3) is 0.700. The van der Waals surface area contributed by atoms with Crippen LogP contribution in [0.15, 0.2) is 6.20 Å². The first-order valence-electron chi connectivity index (χ1n) is 5.95. The number of carboxylic acids is 1. The van der Waals surface area contributed by atoms with Crippen LogP contribution in [0.3, 0.4) is 0 Å². The Labute approximate surface area is 110 Å². The van der Waals surface area contributed by atoms with Crippen LogP contribution in [-0.2, 0) is 16.4 Å². The third-order valence-corrected chi connectivity index (χ3v) is 4.98. The van der Waals surface area contributed by atoms with E-state index in [1.54, 1.807) is 0 Å². The highest BCUT2D eigenvalue weighted by Crippen LogP contribution is 2.11. The lowest BCUT2D eigenvalue weighted by atomic mass is 10.3. The SMILES string of the molecule is CC1CS(=O)(=O)CCN1CCn1cc(C(=O)O)nn1. The maximum absolute atomic E-state index is 11.4. The van der Waals surface area contributed by atoms with Crippen LogP contribution in [0.4, 0.5) is 0 Å². The van der Waals surface area contributed by atoms with Gasteiger partial charge in [0, 0.05) is 19.1 Å². The molecule has 0 spiro atoms. The van der Waals surface area contributed by atoms with E-state index in [2.05, 4.69) is 15.2 Å². The minimum absolute atomic E-state index is 0.0267. The van der Waals surface area contributed by atoms with E-state index in [4.69, 9.17) is 5.11 Å². The minimum atomic E-state index is -2.91. The molecule has 19 heavy (non-hydrogen) atoms. The molecule has 1 aliphatic heterocycles. The first-order chi connectivity index (χ1) is 8.87. The van der Waals surface area contributed by atoms with Crippen molar-refractivity contribution in [2.24, 2.45) is 0 Å². The van der Waals surface area contributed by atoms with Gasteiger partial charge in [-0.1, -0.05) is 5.21 Å². The van der Waals surface area contributed by atoms with Crippen LogP contribution in [0.2, 0.25) is 0 Å². The summed E-state index contributed by atoms with van der Waals surface area (Å²) in [6.45, 7) is 3.49. The molecule has 1 fully saturated rings. The number of nitrogens with zero attached hydrogens (tertiary/aromatic N) is 4. The molecule has 1 aromatic heterocycles. The molecule has 0 radical (unpaired) electrons. The van der Waals surface area contributed by atoms with Crippen molar-refractivity contribution in [3.8, 4) is 0 Å².